The van der Waals surface area contributed by atoms with Crippen LogP contribution in [-0.2, 0) is 20.7 Å². The Bertz CT molecular complexity index is 1330. The molecule has 5 heteroatoms. The van der Waals surface area contributed by atoms with Crippen LogP contribution in [0.2, 0.25) is 0 Å². The molecule has 0 saturated carbocycles. The molecular weight excluding hydrogens is 362 g/mol. The molecule has 29 heavy (non-hydrogen) atoms. The first-order valence-electron chi connectivity index (χ1n) is 9.52. The standard InChI is InChI=1S/C24H21N3O2/c1-26-21-10-8-18(28)12-17(21)13-23(26)24-20-14-19(9-11-22(20)27(2)25-24)29-15-16-6-4-3-5-7-16/h3-14,28H,15H2,1-2H3. The lowest BCUT2D eigenvalue weighted by atomic mass is 10.1. The minimum atomic E-state index is 0.261. The van der Waals surface area contributed by atoms with Gasteiger partial charge in [-0.15, -0.1) is 0 Å². The lowest BCUT2D eigenvalue weighted by molar-refractivity contribution is 0.306. The summed E-state index contributed by atoms with van der Waals surface area (Å²) in [5.41, 5.74) is 5.11. The maximum Gasteiger partial charge on any atom is 0.120 e. The van der Waals surface area contributed by atoms with Gasteiger partial charge in [0.1, 0.15) is 23.8 Å². The molecule has 0 fully saturated rings. The molecule has 0 aliphatic carbocycles. The van der Waals surface area contributed by atoms with Crippen molar-refractivity contribution in [2.45, 2.75) is 6.61 Å². The molecular formula is C24H21N3O2. The number of phenolic OH excluding ortho intramolecular Hbond substituents is 1. The number of rotatable bonds is 4. The summed E-state index contributed by atoms with van der Waals surface area (Å²) in [6.07, 6.45) is 0. The maximum atomic E-state index is 9.82. The van der Waals surface area contributed by atoms with E-state index >= 15 is 0 Å². The van der Waals surface area contributed by atoms with Gasteiger partial charge in [-0.3, -0.25) is 4.68 Å². The van der Waals surface area contributed by atoms with E-state index in [4.69, 9.17) is 9.84 Å². The molecule has 5 rings (SSSR count). The summed E-state index contributed by atoms with van der Waals surface area (Å²) in [5.74, 6) is 1.07. The summed E-state index contributed by atoms with van der Waals surface area (Å²) in [4.78, 5) is 0. The van der Waals surface area contributed by atoms with Crippen LogP contribution < -0.4 is 4.74 Å². The highest BCUT2D eigenvalue weighted by Gasteiger charge is 2.16. The average molecular weight is 383 g/mol. The number of aryl methyl sites for hydroxylation is 2. The zero-order valence-corrected chi connectivity index (χ0v) is 16.3. The van der Waals surface area contributed by atoms with Gasteiger partial charge in [0.2, 0.25) is 0 Å². The van der Waals surface area contributed by atoms with E-state index in [2.05, 4.69) is 28.8 Å². The fraction of sp³-hybridized carbons (Fsp3) is 0.125. The van der Waals surface area contributed by atoms with Crippen molar-refractivity contribution in [3.8, 4) is 22.9 Å². The van der Waals surface area contributed by atoms with Crippen molar-refractivity contribution in [3.05, 3.63) is 78.4 Å². The number of phenols is 1. The lowest BCUT2D eigenvalue weighted by Crippen LogP contribution is -1.95. The molecule has 0 radical (unpaired) electrons. The molecule has 0 unspecified atom stereocenters. The van der Waals surface area contributed by atoms with Crippen molar-refractivity contribution >= 4 is 21.8 Å². The number of fused-ring (bicyclic) bond motifs is 2. The SMILES string of the molecule is Cn1nc(-c2cc3cc(O)ccc3n2C)c2cc(OCc3ccccc3)ccc21. The maximum absolute atomic E-state index is 9.82. The van der Waals surface area contributed by atoms with Gasteiger partial charge in [-0.1, -0.05) is 30.3 Å². The highest BCUT2D eigenvalue weighted by atomic mass is 16.5. The molecule has 3 aromatic carbocycles. The van der Waals surface area contributed by atoms with E-state index in [0.29, 0.717) is 6.61 Å². The van der Waals surface area contributed by atoms with E-state index < -0.39 is 0 Å². The Morgan fingerprint density at radius 2 is 1.69 bits per heavy atom. The third kappa shape index (κ3) is 3.01. The van der Waals surface area contributed by atoms with E-state index in [1.54, 1.807) is 12.1 Å². The molecule has 0 aliphatic heterocycles. The number of benzene rings is 3. The van der Waals surface area contributed by atoms with Gasteiger partial charge < -0.3 is 14.4 Å². The Hall–Kier alpha value is -3.73. The average Bonchev–Trinajstić information content (AvgIpc) is 3.23. The van der Waals surface area contributed by atoms with Crippen LogP contribution in [0.15, 0.2) is 72.8 Å². The second-order valence-electron chi connectivity index (χ2n) is 7.26. The predicted molar refractivity (Wildman–Crippen MR) is 115 cm³/mol. The fourth-order valence-corrected chi connectivity index (χ4v) is 3.83. The molecule has 0 aliphatic rings. The van der Waals surface area contributed by atoms with Crippen LogP contribution in [0.1, 0.15) is 5.56 Å². The highest BCUT2D eigenvalue weighted by Crippen LogP contribution is 2.34. The first-order valence-corrected chi connectivity index (χ1v) is 9.52. The monoisotopic (exact) mass is 383 g/mol. The number of aromatic nitrogens is 3. The first-order chi connectivity index (χ1) is 14.1. The normalized spacial score (nSPS) is 11.4. The quantitative estimate of drug-likeness (QED) is 0.474. The summed E-state index contributed by atoms with van der Waals surface area (Å²) in [7, 11) is 3.97. The second-order valence-corrected chi connectivity index (χ2v) is 7.26. The highest BCUT2D eigenvalue weighted by molar-refractivity contribution is 5.97. The zero-order chi connectivity index (χ0) is 20.0. The summed E-state index contributed by atoms with van der Waals surface area (Å²) in [6.45, 7) is 0.523. The summed E-state index contributed by atoms with van der Waals surface area (Å²) >= 11 is 0. The third-order valence-electron chi connectivity index (χ3n) is 5.34. The second kappa shape index (κ2) is 6.71. The van der Waals surface area contributed by atoms with Gasteiger partial charge in [-0.05, 0) is 48.0 Å². The van der Waals surface area contributed by atoms with Crippen molar-refractivity contribution in [3.63, 3.8) is 0 Å². The van der Waals surface area contributed by atoms with Crippen molar-refractivity contribution < 1.29 is 9.84 Å². The van der Waals surface area contributed by atoms with Gasteiger partial charge in [0.25, 0.3) is 0 Å². The fourth-order valence-electron chi connectivity index (χ4n) is 3.83. The van der Waals surface area contributed by atoms with Gasteiger partial charge in [0.05, 0.1) is 11.2 Å². The van der Waals surface area contributed by atoms with Crippen molar-refractivity contribution in [2.75, 3.05) is 0 Å². The number of aromatic hydroxyl groups is 1. The zero-order valence-electron chi connectivity index (χ0n) is 16.3. The van der Waals surface area contributed by atoms with Crippen LogP contribution in [-0.4, -0.2) is 19.5 Å². The van der Waals surface area contributed by atoms with Crippen molar-refractivity contribution in [1.82, 2.24) is 14.3 Å². The molecule has 1 N–H and O–H groups in total. The van der Waals surface area contributed by atoms with E-state index in [-0.39, 0.29) is 5.75 Å². The molecule has 0 saturated heterocycles. The van der Waals surface area contributed by atoms with Crippen LogP contribution in [0.3, 0.4) is 0 Å². The Morgan fingerprint density at radius 3 is 2.52 bits per heavy atom. The number of ether oxygens (including phenoxy) is 1. The van der Waals surface area contributed by atoms with E-state index in [1.807, 2.05) is 55.2 Å². The molecule has 144 valence electrons. The lowest BCUT2D eigenvalue weighted by Gasteiger charge is -2.07. The summed E-state index contributed by atoms with van der Waals surface area (Å²) < 4.78 is 10.0. The Labute approximate surface area is 168 Å². The Kier molecular flexibility index (Phi) is 4.02. The summed E-state index contributed by atoms with van der Waals surface area (Å²) in [6, 6.07) is 23.7. The Balaban J connectivity index is 1.58. The van der Waals surface area contributed by atoms with E-state index in [0.717, 1.165) is 44.5 Å². The Morgan fingerprint density at radius 1 is 0.897 bits per heavy atom. The number of nitrogens with zero attached hydrogens (tertiary/aromatic N) is 3. The van der Waals surface area contributed by atoms with Crippen molar-refractivity contribution in [1.29, 1.82) is 0 Å². The molecule has 0 spiro atoms. The van der Waals surface area contributed by atoms with Crippen LogP contribution in [0, 0.1) is 0 Å². The molecule has 2 aromatic heterocycles. The minimum Gasteiger partial charge on any atom is -0.508 e. The molecule has 5 aromatic rings. The molecule has 0 atom stereocenters. The van der Waals surface area contributed by atoms with Crippen molar-refractivity contribution in [2.24, 2.45) is 14.1 Å². The van der Waals surface area contributed by atoms with Gasteiger partial charge >= 0.3 is 0 Å². The van der Waals surface area contributed by atoms with Crippen LogP contribution in [0.25, 0.3) is 33.2 Å². The van der Waals surface area contributed by atoms with Gasteiger partial charge in [-0.2, -0.15) is 5.10 Å². The predicted octanol–water partition coefficient (Wildman–Crippen LogP) is 5.02. The molecule has 5 nitrogen and oxygen atoms in total. The molecule has 0 bridgehead atoms. The summed E-state index contributed by atoms with van der Waals surface area (Å²) in [5, 5.41) is 16.6. The third-order valence-corrected chi connectivity index (χ3v) is 5.34. The largest absolute Gasteiger partial charge is 0.508 e. The molecule has 2 heterocycles. The first kappa shape index (κ1) is 17.4. The number of hydrogen-bond acceptors (Lipinski definition) is 3. The van der Waals surface area contributed by atoms with Gasteiger partial charge in [-0.25, -0.2) is 0 Å². The van der Waals surface area contributed by atoms with Gasteiger partial charge in [0.15, 0.2) is 0 Å². The van der Waals surface area contributed by atoms with Crippen LogP contribution in [0.4, 0.5) is 0 Å². The topological polar surface area (TPSA) is 52.2 Å². The van der Waals surface area contributed by atoms with E-state index in [1.165, 1.54) is 0 Å². The van der Waals surface area contributed by atoms with Crippen LogP contribution in [0.5, 0.6) is 11.5 Å². The van der Waals surface area contributed by atoms with Gasteiger partial charge in [0, 0.05) is 30.4 Å². The molecule has 0 amide bonds. The minimum absolute atomic E-state index is 0.261. The van der Waals surface area contributed by atoms with Crippen LogP contribution >= 0.6 is 0 Å². The smallest absolute Gasteiger partial charge is 0.120 e. The van der Waals surface area contributed by atoms with E-state index in [9.17, 15) is 5.11 Å². The number of hydrogen-bond donors (Lipinski definition) is 1.